The quantitative estimate of drug-likeness (QED) is 0.910. The number of rotatable bonds is 4. The van der Waals surface area contributed by atoms with Crippen molar-refractivity contribution in [3.8, 4) is 0 Å². The monoisotopic (exact) mass is 343 g/mol. The van der Waals surface area contributed by atoms with Crippen LogP contribution in [0.5, 0.6) is 0 Å². The van der Waals surface area contributed by atoms with Gasteiger partial charge in [-0.2, -0.15) is 0 Å². The zero-order valence-electron chi connectivity index (χ0n) is 16.0. The Morgan fingerprint density at radius 3 is 2.44 bits per heavy atom. The molecule has 1 aromatic rings. The smallest absolute Gasteiger partial charge is 0.223 e. The molecule has 4 nitrogen and oxygen atoms in total. The molecule has 2 saturated heterocycles. The Morgan fingerprint density at radius 2 is 1.80 bits per heavy atom. The Bertz CT molecular complexity index is 563. The van der Waals surface area contributed by atoms with Gasteiger partial charge < -0.3 is 15.1 Å². The lowest BCUT2D eigenvalue weighted by Gasteiger charge is -2.33. The first-order chi connectivity index (χ1) is 12.0. The molecule has 0 unspecified atom stereocenters. The summed E-state index contributed by atoms with van der Waals surface area (Å²) in [6, 6.07) is 8.85. The number of amides is 1. The lowest BCUT2D eigenvalue weighted by atomic mass is 9.95. The van der Waals surface area contributed by atoms with Crippen molar-refractivity contribution in [1.29, 1.82) is 0 Å². The van der Waals surface area contributed by atoms with E-state index in [1.54, 1.807) is 0 Å². The zero-order valence-corrected chi connectivity index (χ0v) is 16.0. The van der Waals surface area contributed by atoms with Gasteiger partial charge >= 0.3 is 0 Å². The van der Waals surface area contributed by atoms with Crippen LogP contribution >= 0.6 is 0 Å². The fraction of sp³-hybridized carbons (Fsp3) is 0.667. The lowest BCUT2D eigenvalue weighted by Crippen LogP contribution is -2.39. The highest BCUT2D eigenvalue weighted by atomic mass is 16.1. The third-order valence-electron chi connectivity index (χ3n) is 5.86. The summed E-state index contributed by atoms with van der Waals surface area (Å²) in [6.07, 6.45) is 4.57. The number of hydrogen-bond donors (Lipinski definition) is 1. The van der Waals surface area contributed by atoms with Gasteiger partial charge in [0.2, 0.25) is 5.91 Å². The van der Waals surface area contributed by atoms with Gasteiger partial charge in [-0.15, -0.1) is 0 Å². The fourth-order valence-electron chi connectivity index (χ4n) is 4.08. The standard InChI is InChI=1S/C21H33N3O/c1-16-5-4-12-24(15-16)20-8-6-18(7-9-20)17(2)22-21(25)19-10-13-23(3)14-11-19/h6-9,16-17,19H,4-5,10-15H2,1-3H3,(H,22,25)/t16-,17-/m0/s1. The number of nitrogens with one attached hydrogen (secondary N) is 1. The molecular formula is C21H33N3O. The number of nitrogens with zero attached hydrogens (tertiary/aromatic N) is 2. The Hall–Kier alpha value is -1.55. The number of benzene rings is 1. The first-order valence-electron chi connectivity index (χ1n) is 9.86. The highest BCUT2D eigenvalue weighted by Crippen LogP contribution is 2.25. The maximum Gasteiger partial charge on any atom is 0.223 e. The normalized spacial score (nSPS) is 24.1. The minimum Gasteiger partial charge on any atom is -0.371 e. The lowest BCUT2D eigenvalue weighted by molar-refractivity contribution is -0.127. The Labute approximate surface area is 152 Å². The van der Waals surface area contributed by atoms with Crippen molar-refractivity contribution in [2.75, 3.05) is 38.1 Å². The van der Waals surface area contributed by atoms with Crippen LogP contribution in [-0.2, 0) is 4.79 Å². The van der Waals surface area contributed by atoms with Gasteiger partial charge in [0, 0.05) is 24.7 Å². The molecule has 0 radical (unpaired) electrons. The van der Waals surface area contributed by atoms with Gasteiger partial charge in [0.05, 0.1) is 6.04 Å². The second kappa shape index (κ2) is 8.22. The van der Waals surface area contributed by atoms with E-state index in [0.717, 1.165) is 44.9 Å². The maximum atomic E-state index is 12.5. The summed E-state index contributed by atoms with van der Waals surface area (Å²) >= 11 is 0. The molecule has 2 fully saturated rings. The van der Waals surface area contributed by atoms with Crippen molar-refractivity contribution >= 4 is 11.6 Å². The number of hydrogen-bond acceptors (Lipinski definition) is 3. The van der Waals surface area contributed by atoms with Gasteiger partial charge in [0.25, 0.3) is 0 Å². The summed E-state index contributed by atoms with van der Waals surface area (Å²) in [5.74, 6) is 1.17. The van der Waals surface area contributed by atoms with Crippen LogP contribution in [0.15, 0.2) is 24.3 Å². The van der Waals surface area contributed by atoms with E-state index >= 15 is 0 Å². The van der Waals surface area contributed by atoms with Crippen LogP contribution in [0, 0.1) is 11.8 Å². The Kier molecular flexibility index (Phi) is 6.00. The van der Waals surface area contributed by atoms with Gasteiger partial charge in [-0.1, -0.05) is 19.1 Å². The summed E-state index contributed by atoms with van der Waals surface area (Å²) in [6.45, 7) is 8.78. The summed E-state index contributed by atoms with van der Waals surface area (Å²) in [5.41, 5.74) is 2.50. The molecule has 2 heterocycles. The second-order valence-corrected chi connectivity index (χ2v) is 8.09. The molecule has 0 saturated carbocycles. The van der Waals surface area contributed by atoms with Gasteiger partial charge in [0.15, 0.2) is 0 Å². The van der Waals surface area contributed by atoms with Crippen molar-refractivity contribution in [3.63, 3.8) is 0 Å². The number of carbonyl (C=O) groups excluding carboxylic acids is 1. The van der Waals surface area contributed by atoms with Gasteiger partial charge in [-0.3, -0.25) is 4.79 Å². The molecule has 1 amide bonds. The summed E-state index contributed by atoms with van der Waals surface area (Å²) < 4.78 is 0. The molecule has 0 aromatic heterocycles. The third kappa shape index (κ3) is 4.75. The average molecular weight is 344 g/mol. The largest absolute Gasteiger partial charge is 0.371 e. The molecule has 2 atom stereocenters. The topological polar surface area (TPSA) is 35.6 Å². The fourth-order valence-corrected chi connectivity index (χ4v) is 4.08. The summed E-state index contributed by atoms with van der Waals surface area (Å²) in [4.78, 5) is 17.3. The van der Waals surface area contributed by atoms with Crippen molar-refractivity contribution in [3.05, 3.63) is 29.8 Å². The molecule has 138 valence electrons. The minimum atomic E-state index is 0.0708. The zero-order chi connectivity index (χ0) is 17.8. The van der Waals surface area contributed by atoms with E-state index in [0.29, 0.717) is 0 Å². The van der Waals surface area contributed by atoms with E-state index in [4.69, 9.17) is 0 Å². The number of likely N-dealkylation sites (tertiary alicyclic amines) is 1. The molecule has 0 bridgehead atoms. The first-order valence-corrected chi connectivity index (χ1v) is 9.86. The van der Waals surface area contributed by atoms with Crippen LogP contribution in [0.2, 0.25) is 0 Å². The van der Waals surface area contributed by atoms with E-state index < -0.39 is 0 Å². The van der Waals surface area contributed by atoms with Crippen LogP contribution in [0.1, 0.15) is 51.1 Å². The van der Waals surface area contributed by atoms with Gasteiger partial charge in [-0.05, 0) is 76.4 Å². The van der Waals surface area contributed by atoms with Crippen LogP contribution in [0.3, 0.4) is 0 Å². The molecule has 25 heavy (non-hydrogen) atoms. The molecule has 1 N–H and O–H groups in total. The molecule has 0 spiro atoms. The molecule has 4 heteroatoms. The SMILES string of the molecule is C[C@H]1CCCN(c2ccc([C@H](C)NC(=O)C3CCN(C)CC3)cc2)C1. The third-order valence-corrected chi connectivity index (χ3v) is 5.86. The van der Waals surface area contributed by atoms with Crippen molar-refractivity contribution in [2.45, 2.75) is 45.6 Å². The Morgan fingerprint density at radius 1 is 1.12 bits per heavy atom. The molecule has 2 aliphatic rings. The molecule has 1 aromatic carbocycles. The first kappa shape index (κ1) is 18.2. The maximum absolute atomic E-state index is 12.5. The van der Waals surface area contributed by atoms with Crippen molar-refractivity contribution < 1.29 is 4.79 Å². The van der Waals surface area contributed by atoms with E-state index in [-0.39, 0.29) is 17.9 Å². The minimum absolute atomic E-state index is 0.0708. The molecular weight excluding hydrogens is 310 g/mol. The Balaban J connectivity index is 1.55. The van der Waals surface area contributed by atoms with Gasteiger partial charge in [-0.25, -0.2) is 0 Å². The predicted molar refractivity (Wildman–Crippen MR) is 104 cm³/mol. The highest BCUT2D eigenvalue weighted by Gasteiger charge is 2.24. The highest BCUT2D eigenvalue weighted by molar-refractivity contribution is 5.79. The van der Waals surface area contributed by atoms with Crippen molar-refractivity contribution in [2.24, 2.45) is 11.8 Å². The van der Waals surface area contributed by atoms with Crippen LogP contribution < -0.4 is 10.2 Å². The van der Waals surface area contributed by atoms with Crippen LogP contribution in [0.25, 0.3) is 0 Å². The van der Waals surface area contributed by atoms with Crippen LogP contribution in [-0.4, -0.2) is 44.0 Å². The molecule has 3 rings (SSSR count). The number of anilines is 1. The van der Waals surface area contributed by atoms with Crippen LogP contribution in [0.4, 0.5) is 5.69 Å². The average Bonchev–Trinajstić information content (AvgIpc) is 2.62. The second-order valence-electron chi connectivity index (χ2n) is 8.09. The summed E-state index contributed by atoms with van der Waals surface area (Å²) in [5, 5.41) is 3.22. The van der Waals surface area contributed by atoms with E-state index in [1.807, 2.05) is 0 Å². The number of carbonyl (C=O) groups is 1. The van der Waals surface area contributed by atoms with E-state index in [1.165, 1.54) is 24.1 Å². The summed E-state index contributed by atoms with van der Waals surface area (Å²) in [7, 11) is 2.13. The molecule has 2 aliphatic heterocycles. The van der Waals surface area contributed by atoms with Gasteiger partial charge in [0.1, 0.15) is 0 Å². The predicted octanol–water partition coefficient (Wildman–Crippen LogP) is 3.44. The van der Waals surface area contributed by atoms with E-state index in [2.05, 4.69) is 60.3 Å². The van der Waals surface area contributed by atoms with Crippen molar-refractivity contribution in [1.82, 2.24) is 10.2 Å². The molecule has 0 aliphatic carbocycles. The number of piperidine rings is 2. The van der Waals surface area contributed by atoms with E-state index in [9.17, 15) is 4.79 Å².